The molecule has 126 valence electrons. The summed E-state index contributed by atoms with van der Waals surface area (Å²) in [4.78, 5) is 27.4. The van der Waals surface area contributed by atoms with Gasteiger partial charge < -0.3 is 10.2 Å². The summed E-state index contributed by atoms with van der Waals surface area (Å²) in [6.45, 7) is 7.75. The average Bonchev–Trinajstić information content (AvgIpc) is 2.56. The summed E-state index contributed by atoms with van der Waals surface area (Å²) in [6, 6.07) is 8.05. The molecule has 0 radical (unpaired) electrons. The Balaban J connectivity index is 1.69. The molecule has 2 rings (SSSR count). The van der Waals surface area contributed by atoms with Gasteiger partial charge in [0.15, 0.2) is 0 Å². The first-order valence-corrected chi connectivity index (χ1v) is 8.09. The first-order chi connectivity index (χ1) is 11.1. The fourth-order valence-corrected chi connectivity index (χ4v) is 2.71. The van der Waals surface area contributed by atoms with Crippen LogP contribution < -0.4 is 10.6 Å². The third-order valence-corrected chi connectivity index (χ3v) is 4.26. The Morgan fingerprint density at radius 3 is 2.39 bits per heavy atom. The molecular weight excluding hydrogens is 292 g/mol. The standard InChI is InChI=1S/C17H26N4O2/c1-14-5-3-4-6-15(14)13-21-11-9-20(10-12-21)8-7-16(22)19-17(23)18-2/h3-6H,7-13H2,1-2H3,(H2,18,19,22,23). The van der Waals surface area contributed by atoms with Crippen LogP contribution in [0.15, 0.2) is 24.3 Å². The molecule has 1 heterocycles. The predicted octanol–water partition coefficient (Wildman–Crippen LogP) is 0.958. The van der Waals surface area contributed by atoms with E-state index in [-0.39, 0.29) is 5.91 Å². The molecule has 0 aliphatic carbocycles. The summed E-state index contributed by atoms with van der Waals surface area (Å²) in [5, 5.41) is 4.67. The number of imide groups is 1. The predicted molar refractivity (Wildman–Crippen MR) is 90.1 cm³/mol. The highest BCUT2D eigenvalue weighted by Gasteiger charge is 2.18. The van der Waals surface area contributed by atoms with E-state index in [1.54, 1.807) is 0 Å². The van der Waals surface area contributed by atoms with Crippen LogP contribution in [0.3, 0.4) is 0 Å². The van der Waals surface area contributed by atoms with Crippen LogP contribution in [0.1, 0.15) is 17.5 Å². The number of nitrogens with one attached hydrogen (secondary N) is 2. The van der Waals surface area contributed by atoms with Gasteiger partial charge in [-0.15, -0.1) is 0 Å². The molecule has 1 saturated heterocycles. The molecule has 1 aromatic rings. The average molecular weight is 318 g/mol. The summed E-state index contributed by atoms with van der Waals surface area (Å²) in [7, 11) is 1.50. The smallest absolute Gasteiger partial charge is 0.321 e. The molecule has 23 heavy (non-hydrogen) atoms. The monoisotopic (exact) mass is 318 g/mol. The minimum Gasteiger partial charge on any atom is -0.341 e. The molecule has 1 aliphatic heterocycles. The molecule has 1 aromatic carbocycles. The Morgan fingerprint density at radius 2 is 1.74 bits per heavy atom. The van der Waals surface area contributed by atoms with Crippen molar-refractivity contribution in [2.75, 3.05) is 39.8 Å². The second-order valence-electron chi connectivity index (χ2n) is 5.92. The maximum atomic E-state index is 11.6. The van der Waals surface area contributed by atoms with E-state index >= 15 is 0 Å². The third-order valence-electron chi connectivity index (χ3n) is 4.26. The lowest BCUT2D eigenvalue weighted by atomic mass is 10.1. The van der Waals surface area contributed by atoms with E-state index in [9.17, 15) is 9.59 Å². The van der Waals surface area contributed by atoms with Crippen LogP contribution in [0.4, 0.5) is 4.79 Å². The summed E-state index contributed by atoms with van der Waals surface area (Å²) in [5.41, 5.74) is 2.71. The molecule has 2 N–H and O–H groups in total. The SMILES string of the molecule is CNC(=O)NC(=O)CCN1CCN(Cc2ccccc2C)CC1. The van der Waals surface area contributed by atoms with Gasteiger partial charge in [0.05, 0.1) is 0 Å². The van der Waals surface area contributed by atoms with Crippen molar-refractivity contribution in [3.05, 3.63) is 35.4 Å². The number of nitrogens with zero attached hydrogens (tertiary/aromatic N) is 2. The maximum Gasteiger partial charge on any atom is 0.321 e. The van der Waals surface area contributed by atoms with E-state index in [1.807, 2.05) is 0 Å². The van der Waals surface area contributed by atoms with Crippen LogP contribution in [-0.2, 0) is 11.3 Å². The number of carbonyl (C=O) groups excluding carboxylic acids is 2. The molecule has 0 unspecified atom stereocenters. The Labute approximate surface area is 137 Å². The minimum absolute atomic E-state index is 0.230. The largest absolute Gasteiger partial charge is 0.341 e. The van der Waals surface area contributed by atoms with Gasteiger partial charge in [-0.3, -0.25) is 15.0 Å². The van der Waals surface area contributed by atoms with Gasteiger partial charge in [0.1, 0.15) is 0 Å². The normalized spacial score (nSPS) is 16.1. The van der Waals surface area contributed by atoms with Crippen LogP contribution in [0.25, 0.3) is 0 Å². The van der Waals surface area contributed by atoms with Crippen LogP contribution in [-0.4, -0.2) is 61.5 Å². The van der Waals surface area contributed by atoms with Gasteiger partial charge in [-0.1, -0.05) is 24.3 Å². The van der Waals surface area contributed by atoms with E-state index in [1.165, 1.54) is 18.2 Å². The summed E-state index contributed by atoms with van der Waals surface area (Å²) in [6.07, 6.45) is 0.352. The molecule has 0 aromatic heterocycles. The minimum atomic E-state index is -0.446. The number of carbonyl (C=O) groups is 2. The number of benzene rings is 1. The van der Waals surface area contributed by atoms with Crippen molar-refractivity contribution >= 4 is 11.9 Å². The molecule has 6 heteroatoms. The number of rotatable bonds is 5. The van der Waals surface area contributed by atoms with Crippen molar-refractivity contribution in [3.8, 4) is 0 Å². The van der Waals surface area contributed by atoms with Gasteiger partial charge in [-0.05, 0) is 18.1 Å². The zero-order valence-electron chi connectivity index (χ0n) is 14.0. The Morgan fingerprint density at radius 1 is 1.09 bits per heavy atom. The molecule has 0 spiro atoms. The summed E-state index contributed by atoms with van der Waals surface area (Å²) in [5.74, 6) is -0.230. The second-order valence-corrected chi connectivity index (χ2v) is 5.92. The lowest BCUT2D eigenvalue weighted by Crippen LogP contribution is -2.47. The molecular formula is C17H26N4O2. The van der Waals surface area contributed by atoms with Gasteiger partial charge in [0, 0.05) is 52.7 Å². The maximum absolute atomic E-state index is 11.6. The van der Waals surface area contributed by atoms with Crippen molar-refractivity contribution in [3.63, 3.8) is 0 Å². The number of hydrogen-bond donors (Lipinski definition) is 2. The number of piperazine rings is 1. The van der Waals surface area contributed by atoms with Crippen LogP contribution in [0.5, 0.6) is 0 Å². The van der Waals surface area contributed by atoms with Crippen LogP contribution in [0.2, 0.25) is 0 Å². The lowest BCUT2D eigenvalue weighted by Gasteiger charge is -2.34. The van der Waals surface area contributed by atoms with Crippen LogP contribution in [0, 0.1) is 6.92 Å². The van der Waals surface area contributed by atoms with Crippen molar-refractivity contribution in [2.24, 2.45) is 0 Å². The van der Waals surface area contributed by atoms with Crippen LogP contribution >= 0.6 is 0 Å². The fraction of sp³-hybridized carbons (Fsp3) is 0.529. The second kappa shape index (κ2) is 8.64. The first kappa shape index (κ1) is 17.4. The van der Waals surface area contributed by atoms with Crippen molar-refractivity contribution in [1.82, 2.24) is 20.4 Å². The van der Waals surface area contributed by atoms with Gasteiger partial charge in [0.2, 0.25) is 5.91 Å². The molecule has 1 aliphatic rings. The van der Waals surface area contributed by atoms with E-state index in [4.69, 9.17) is 0 Å². The number of amides is 3. The van der Waals surface area contributed by atoms with Gasteiger partial charge in [-0.25, -0.2) is 4.79 Å². The highest BCUT2D eigenvalue weighted by molar-refractivity contribution is 5.94. The summed E-state index contributed by atoms with van der Waals surface area (Å²) < 4.78 is 0. The van der Waals surface area contributed by atoms with Crippen molar-refractivity contribution in [2.45, 2.75) is 19.9 Å². The number of urea groups is 1. The van der Waals surface area contributed by atoms with E-state index < -0.39 is 6.03 Å². The number of aryl methyl sites for hydroxylation is 1. The Hall–Kier alpha value is -1.92. The highest BCUT2D eigenvalue weighted by Crippen LogP contribution is 2.12. The van der Waals surface area contributed by atoms with E-state index in [0.717, 1.165) is 32.7 Å². The molecule has 6 nitrogen and oxygen atoms in total. The van der Waals surface area contributed by atoms with E-state index in [0.29, 0.717) is 13.0 Å². The fourth-order valence-electron chi connectivity index (χ4n) is 2.71. The molecule has 0 atom stereocenters. The Bertz CT molecular complexity index is 539. The highest BCUT2D eigenvalue weighted by atomic mass is 16.2. The van der Waals surface area contributed by atoms with Gasteiger partial charge in [0.25, 0.3) is 0 Å². The molecule has 3 amide bonds. The van der Waals surface area contributed by atoms with Crippen molar-refractivity contribution < 1.29 is 9.59 Å². The molecule has 1 fully saturated rings. The third kappa shape index (κ3) is 5.65. The lowest BCUT2D eigenvalue weighted by molar-refractivity contribution is -0.120. The first-order valence-electron chi connectivity index (χ1n) is 8.09. The zero-order chi connectivity index (χ0) is 16.7. The zero-order valence-corrected chi connectivity index (χ0v) is 14.0. The topological polar surface area (TPSA) is 64.7 Å². The van der Waals surface area contributed by atoms with Gasteiger partial charge >= 0.3 is 6.03 Å². The molecule has 0 saturated carbocycles. The van der Waals surface area contributed by atoms with Gasteiger partial charge in [-0.2, -0.15) is 0 Å². The van der Waals surface area contributed by atoms with E-state index in [2.05, 4.69) is 51.6 Å². The molecule has 0 bridgehead atoms. The summed E-state index contributed by atoms with van der Waals surface area (Å²) >= 11 is 0. The van der Waals surface area contributed by atoms with Crippen molar-refractivity contribution in [1.29, 1.82) is 0 Å². The quantitative estimate of drug-likeness (QED) is 0.849. The Kier molecular flexibility index (Phi) is 6.55. The number of hydrogen-bond acceptors (Lipinski definition) is 4.